The minimum Gasteiger partial charge on any atom is -0.493 e. The molecule has 31 heavy (non-hydrogen) atoms. The number of benzene rings is 1. The van der Waals surface area contributed by atoms with Gasteiger partial charge in [0.2, 0.25) is 0 Å². The Bertz CT molecular complexity index is 950. The van der Waals surface area contributed by atoms with Crippen molar-refractivity contribution in [1.29, 1.82) is 0 Å². The van der Waals surface area contributed by atoms with E-state index < -0.39 is 5.97 Å². The maximum atomic E-state index is 12.4. The highest BCUT2D eigenvalue weighted by atomic mass is 16.6. The van der Waals surface area contributed by atoms with Crippen LogP contribution in [0.2, 0.25) is 0 Å². The van der Waals surface area contributed by atoms with Crippen molar-refractivity contribution in [3.05, 3.63) is 53.9 Å². The Morgan fingerprint density at radius 1 is 1.06 bits per heavy atom. The highest BCUT2D eigenvalue weighted by Gasteiger charge is 2.53. The van der Waals surface area contributed by atoms with Crippen molar-refractivity contribution in [2.75, 3.05) is 7.11 Å². The van der Waals surface area contributed by atoms with Crippen molar-refractivity contribution < 1.29 is 14.3 Å². The average Bonchev–Trinajstić information content (AvgIpc) is 2.77. The van der Waals surface area contributed by atoms with Gasteiger partial charge in [-0.15, -0.1) is 0 Å². The van der Waals surface area contributed by atoms with Gasteiger partial charge in [0.05, 0.1) is 18.7 Å². The van der Waals surface area contributed by atoms with Crippen LogP contribution in [0.1, 0.15) is 61.4 Å². The van der Waals surface area contributed by atoms with E-state index in [9.17, 15) is 4.79 Å². The fourth-order valence-corrected chi connectivity index (χ4v) is 6.54. The number of nitrogens with zero attached hydrogens (tertiary/aromatic N) is 2. The van der Waals surface area contributed by atoms with Gasteiger partial charge in [-0.25, -0.2) is 4.79 Å². The Hall–Kier alpha value is -2.69. The first-order valence-electron chi connectivity index (χ1n) is 11.4. The van der Waals surface area contributed by atoms with Crippen molar-refractivity contribution in [2.45, 2.75) is 51.5 Å². The monoisotopic (exact) mass is 418 g/mol. The van der Waals surface area contributed by atoms with Gasteiger partial charge in [0, 0.05) is 18.6 Å². The normalized spacial score (nSPS) is 29.8. The summed E-state index contributed by atoms with van der Waals surface area (Å²) >= 11 is 0. The van der Waals surface area contributed by atoms with E-state index in [0.717, 1.165) is 23.3 Å². The maximum absolute atomic E-state index is 12.4. The van der Waals surface area contributed by atoms with Gasteiger partial charge >= 0.3 is 5.97 Å². The molecule has 0 aliphatic heterocycles. The molecule has 1 atom stereocenters. The summed E-state index contributed by atoms with van der Waals surface area (Å²) in [5.41, 5.74) is 1.80. The molecule has 1 aromatic carbocycles. The number of aliphatic imine (C=N–C) groups is 1. The molecule has 6 rings (SSSR count). The number of esters is 1. The van der Waals surface area contributed by atoms with Crippen molar-refractivity contribution in [3.8, 4) is 11.5 Å². The third-order valence-electron chi connectivity index (χ3n) is 7.73. The van der Waals surface area contributed by atoms with Crippen molar-refractivity contribution >= 4 is 12.2 Å². The van der Waals surface area contributed by atoms with Gasteiger partial charge in [0.1, 0.15) is 0 Å². The number of ether oxygens (including phenoxy) is 2. The summed E-state index contributed by atoms with van der Waals surface area (Å²) in [5.74, 6) is 3.28. The first kappa shape index (κ1) is 20.2. The molecule has 0 amide bonds. The van der Waals surface area contributed by atoms with Crippen LogP contribution in [-0.2, 0) is 0 Å². The molecule has 1 aromatic heterocycles. The Morgan fingerprint density at radius 3 is 2.32 bits per heavy atom. The number of hydrogen-bond acceptors (Lipinski definition) is 5. The predicted octanol–water partition coefficient (Wildman–Crippen LogP) is 5.33. The molecule has 4 saturated carbocycles. The lowest BCUT2D eigenvalue weighted by Gasteiger charge is -2.58. The molecule has 5 nitrogen and oxygen atoms in total. The van der Waals surface area contributed by atoms with Gasteiger partial charge in [0.15, 0.2) is 11.5 Å². The van der Waals surface area contributed by atoms with Gasteiger partial charge < -0.3 is 9.47 Å². The third kappa shape index (κ3) is 3.98. The van der Waals surface area contributed by atoms with E-state index in [1.54, 1.807) is 37.7 Å². The van der Waals surface area contributed by atoms with Crippen LogP contribution in [0.3, 0.4) is 0 Å². The fourth-order valence-electron chi connectivity index (χ4n) is 6.54. The molecule has 4 fully saturated rings. The summed E-state index contributed by atoms with van der Waals surface area (Å²) in [6.45, 7) is 2.30. The predicted molar refractivity (Wildman–Crippen MR) is 120 cm³/mol. The number of carbonyl (C=O) groups excluding carboxylic acids is 1. The molecule has 0 radical (unpaired) electrons. The first-order valence-corrected chi connectivity index (χ1v) is 11.4. The van der Waals surface area contributed by atoms with Crippen molar-refractivity contribution in [1.82, 2.24) is 4.98 Å². The largest absolute Gasteiger partial charge is 0.493 e. The van der Waals surface area contributed by atoms with Gasteiger partial charge in [-0.3, -0.25) is 9.98 Å². The van der Waals surface area contributed by atoms with E-state index in [-0.39, 0.29) is 0 Å². The molecule has 0 spiro atoms. The molecule has 162 valence electrons. The summed E-state index contributed by atoms with van der Waals surface area (Å²) in [4.78, 5) is 21.3. The Morgan fingerprint density at radius 2 is 1.71 bits per heavy atom. The van der Waals surface area contributed by atoms with E-state index in [4.69, 9.17) is 14.5 Å². The summed E-state index contributed by atoms with van der Waals surface area (Å²) in [6.07, 6.45) is 13.5. The number of rotatable bonds is 6. The summed E-state index contributed by atoms with van der Waals surface area (Å²) in [7, 11) is 1.58. The maximum Gasteiger partial charge on any atom is 0.343 e. The van der Waals surface area contributed by atoms with Crippen LogP contribution in [-0.4, -0.2) is 30.3 Å². The van der Waals surface area contributed by atoms with E-state index in [1.165, 1.54) is 38.5 Å². The van der Waals surface area contributed by atoms with Crippen molar-refractivity contribution in [3.63, 3.8) is 0 Å². The van der Waals surface area contributed by atoms with Crippen LogP contribution in [0, 0.1) is 23.2 Å². The van der Waals surface area contributed by atoms with E-state index in [0.29, 0.717) is 28.5 Å². The van der Waals surface area contributed by atoms with Gasteiger partial charge in [-0.2, -0.15) is 0 Å². The second-order valence-corrected chi connectivity index (χ2v) is 9.77. The quantitative estimate of drug-likeness (QED) is 0.361. The van der Waals surface area contributed by atoms with Crippen LogP contribution in [0.15, 0.2) is 47.7 Å². The highest BCUT2D eigenvalue weighted by Crippen LogP contribution is 2.61. The Kier molecular flexibility index (Phi) is 5.28. The first-order chi connectivity index (χ1) is 15.0. The SMILES string of the molecule is COc1cc(C=NC(C)C23CC4CC(CC(C4)C2)C3)ccc1OC(=O)c1ccncc1. The van der Waals surface area contributed by atoms with E-state index in [2.05, 4.69) is 11.9 Å². The molecular formula is C26H30N2O3. The zero-order valence-corrected chi connectivity index (χ0v) is 18.3. The number of hydrogen-bond donors (Lipinski definition) is 0. The zero-order valence-electron chi connectivity index (χ0n) is 18.3. The van der Waals surface area contributed by atoms with Gasteiger partial charge in [-0.1, -0.05) is 0 Å². The Balaban J connectivity index is 1.30. The summed E-state index contributed by atoms with van der Waals surface area (Å²) in [6, 6.07) is 9.16. The lowest BCUT2D eigenvalue weighted by Crippen LogP contribution is -2.50. The minimum absolute atomic E-state index is 0.330. The molecule has 4 aliphatic carbocycles. The molecule has 1 heterocycles. The second-order valence-electron chi connectivity index (χ2n) is 9.77. The topological polar surface area (TPSA) is 60.8 Å². The Labute approximate surface area is 183 Å². The lowest BCUT2D eigenvalue weighted by molar-refractivity contribution is -0.0632. The van der Waals surface area contributed by atoms with Gasteiger partial charge in [0.25, 0.3) is 0 Å². The van der Waals surface area contributed by atoms with Crippen LogP contribution < -0.4 is 9.47 Å². The number of aromatic nitrogens is 1. The molecular weight excluding hydrogens is 388 g/mol. The van der Waals surface area contributed by atoms with E-state index in [1.807, 2.05) is 18.3 Å². The average molecular weight is 419 g/mol. The number of carbonyl (C=O) groups is 1. The number of methoxy groups -OCH3 is 1. The summed E-state index contributed by atoms with van der Waals surface area (Å²) < 4.78 is 11.0. The van der Waals surface area contributed by atoms with Crippen LogP contribution in [0.5, 0.6) is 11.5 Å². The highest BCUT2D eigenvalue weighted by molar-refractivity contribution is 5.91. The molecule has 0 saturated heterocycles. The fraction of sp³-hybridized carbons (Fsp3) is 0.500. The molecule has 4 aliphatic rings. The van der Waals surface area contributed by atoms with Crippen LogP contribution in [0.4, 0.5) is 0 Å². The standard InChI is InChI=1S/C26H30N2O3/c1-17(26-13-19-9-20(14-26)11-21(10-19)15-26)28-16-18-3-4-23(24(12-18)30-2)31-25(29)22-5-7-27-8-6-22/h3-8,12,16-17,19-21H,9-11,13-15H2,1-2H3. The van der Waals surface area contributed by atoms with E-state index >= 15 is 0 Å². The second kappa shape index (κ2) is 8.10. The molecule has 4 bridgehead atoms. The number of pyridine rings is 1. The molecule has 1 unspecified atom stereocenters. The lowest BCUT2D eigenvalue weighted by atomic mass is 9.48. The minimum atomic E-state index is -0.433. The molecule has 2 aromatic rings. The van der Waals surface area contributed by atoms with Gasteiger partial charge in [-0.05, 0) is 105 Å². The van der Waals surface area contributed by atoms with Crippen LogP contribution in [0.25, 0.3) is 0 Å². The van der Waals surface area contributed by atoms with Crippen LogP contribution >= 0.6 is 0 Å². The molecule has 0 N–H and O–H groups in total. The molecule has 5 heteroatoms. The smallest absolute Gasteiger partial charge is 0.343 e. The van der Waals surface area contributed by atoms with Crippen molar-refractivity contribution in [2.24, 2.45) is 28.2 Å². The summed E-state index contributed by atoms with van der Waals surface area (Å²) in [5, 5.41) is 0. The zero-order chi connectivity index (χ0) is 21.4. The third-order valence-corrected chi connectivity index (χ3v) is 7.73.